The molecule has 0 aliphatic carbocycles. The number of ether oxygens (including phenoxy) is 1. The largest absolute Gasteiger partial charge is 0.707 e. The lowest BCUT2D eigenvalue weighted by Gasteiger charge is -2.05. The maximum Gasteiger partial charge on any atom is 0.707 e. The van der Waals surface area contributed by atoms with Gasteiger partial charge in [0.1, 0.15) is 17.6 Å². The van der Waals surface area contributed by atoms with E-state index in [2.05, 4.69) is 4.65 Å². The minimum absolute atomic E-state index is 0.0250. The Labute approximate surface area is 81.3 Å². The lowest BCUT2D eigenvalue weighted by atomic mass is 10.2. The molecule has 0 saturated heterocycles. The van der Waals surface area contributed by atoms with E-state index in [0.29, 0.717) is 11.5 Å². The number of nitrogens with zero attached hydrogens (tertiary/aromatic N) is 1. The van der Waals surface area contributed by atoms with E-state index in [4.69, 9.17) is 20.0 Å². The van der Waals surface area contributed by atoms with Gasteiger partial charge in [0.25, 0.3) is 0 Å². The molecular weight excluding hydrogens is 185 g/mol. The van der Waals surface area contributed by atoms with E-state index in [1.807, 2.05) is 6.07 Å². The zero-order valence-corrected chi connectivity index (χ0v) is 7.25. The van der Waals surface area contributed by atoms with Crippen LogP contribution in [0, 0.1) is 11.3 Å². The summed E-state index contributed by atoms with van der Waals surface area (Å²) in [6.07, 6.45) is 0. The van der Waals surface area contributed by atoms with E-state index in [-0.39, 0.29) is 6.61 Å². The summed E-state index contributed by atoms with van der Waals surface area (Å²) in [5.41, 5.74) is 0. The molecule has 72 valence electrons. The molecular formula is C8H8BNO4. The van der Waals surface area contributed by atoms with Crippen LogP contribution in [0.3, 0.4) is 0 Å². The summed E-state index contributed by atoms with van der Waals surface area (Å²) in [5.74, 6) is 0.829. The average molecular weight is 193 g/mol. The minimum atomic E-state index is -1.83. The molecule has 1 aromatic carbocycles. The van der Waals surface area contributed by atoms with Gasteiger partial charge in [-0.15, -0.1) is 0 Å². The number of hydrogen-bond donors (Lipinski definition) is 2. The molecule has 0 bridgehead atoms. The van der Waals surface area contributed by atoms with Crippen LogP contribution in [0.15, 0.2) is 24.3 Å². The smallest absolute Gasteiger partial charge is 0.512 e. The molecule has 0 amide bonds. The molecule has 6 heteroatoms. The topological polar surface area (TPSA) is 82.7 Å². The SMILES string of the molecule is N#CCOc1ccc(OB(O)O)cc1. The zero-order chi connectivity index (χ0) is 10.4. The van der Waals surface area contributed by atoms with Crippen molar-refractivity contribution in [2.45, 2.75) is 0 Å². The number of nitriles is 1. The van der Waals surface area contributed by atoms with E-state index in [1.54, 1.807) is 12.1 Å². The van der Waals surface area contributed by atoms with Crippen LogP contribution < -0.4 is 9.39 Å². The molecule has 1 aromatic rings. The average Bonchev–Trinajstić information content (AvgIpc) is 2.16. The summed E-state index contributed by atoms with van der Waals surface area (Å²) in [4.78, 5) is 0. The highest BCUT2D eigenvalue weighted by Gasteiger charge is 2.10. The molecule has 0 atom stereocenters. The molecule has 0 aliphatic heterocycles. The second-order valence-corrected chi connectivity index (χ2v) is 2.36. The Hall–Kier alpha value is -1.71. The van der Waals surface area contributed by atoms with Crippen molar-refractivity contribution in [3.05, 3.63) is 24.3 Å². The van der Waals surface area contributed by atoms with Crippen molar-refractivity contribution in [1.82, 2.24) is 0 Å². The fourth-order valence-corrected chi connectivity index (χ4v) is 0.852. The third kappa shape index (κ3) is 3.35. The van der Waals surface area contributed by atoms with Crippen LogP contribution in [0.1, 0.15) is 0 Å². The second-order valence-electron chi connectivity index (χ2n) is 2.36. The fourth-order valence-electron chi connectivity index (χ4n) is 0.852. The van der Waals surface area contributed by atoms with Crippen LogP contribution in [-0.2, 0) is 0 Å². The third-order valence-electron chi connectivity index (χ3n) is 1.37. The Balaban J connectivity index is 2.56. The molecule has 1 rings (SSSR count). The van der Waals surface area contributed by atoms with Gasteiger partial charge in [-0.1, -0.05) is 0 Å². The van der Waals surface area contributed by atoms with Crippen molar-refractivity contribution in [3.63, 3.8) is 0 Å². The van der Waals surface area contributed by atoms with E-state index in [0.717, 1.165) is 0 Å². The van der Waals surface area contributed by atoms with Crippen LogP contribution in [0.4, 0.5) is 0 Å². The molecule has 2 N–H and O–H groups in total. The van der Waals surface area contributed by atoms with Crippen molar-refractivity contribution >= 4 is 7.32 Å². The van der Waals surface area contributed by atoms with Crippen LogP contribution >= 0.6 is 0 Å². The van der Waals surface area contributed by atoms with Gasteiger partial charge in [-0.05, 0) is 24.3 Å². The third-order valence-corrected chi connectivity index (χ3v) is 1.37. The fraction of sp³-hybridized carbons (Fsp3) is 0.125. The van der Waals surface area contributed by atoms with Crippen LogP contribution in [-0.4, -0.2) is 24.0 Å². The van der Waals surface area contributed by atoms with Gasteiger partial charge in [0.05, 0.1) is 0 Å². The number of rotatable bonds is 4. The standard InChI is InChI=1S/C8H8BNO4/c10-5-6-13-7-1-3-8(4-2-7)14-9(11)12/h1-4,11-12H,6H2. The lowest BCUT2D eigenvalue weighted by Crippen LogP contribution is -2.20. The Morgan fingerprint density at radius 2 is 1.79 bits per heavy atom. The van der Waals surface area contributed by atoms with Gasteiger partial charge in [-0.25, -0.2) is 0 Å². The van der Waals surface area contributed by atoms with Gasteiger partial charge < -0.3 is 19.4 Å². The Bertz CT molecular complexity index is 319. The highest BCUT2D eigenvalue weighted by atomic mass is 16.6. The Kier molecular flexibility index (Phi) is 3.79. The quantitative estimate of drug-likeness (QED) is 0.654. The Morgan fingerprint density at radius 1 is 1.21 bits per heavy atom. The van der Waals surface area contributed by atoms with Gasteiger partial charge in [-0.2, -0.15) is 5.26 Å². The molecule has 0 aliphatic rings. The first kappa shape index (κ1) is 10.4. The van der Waals surface area contributed by atoms with Crippen molar-refractivity contribution in [3.8, 4) is 17.6 Å². The molecule has 14 heavy (non-hydrogen) atoms. The highest BCUT2D eigenvalue weighted by molar-refractivity contribution is 6.33. The molecule has 0 spiro atoms. The lowest BCUT2D eigenvalue weighted by molar-refractivity contribution is 0.287. The van der Waals surface area contributed by atoms with Gasteiger partial charge in [0.2, 0.25) is 0 Å². The summed E-state index contributed by atoms with van der Waals surface area (Å²) in [6, 6.07) is 7.97. The molecule has 0 heterocycles. The summed E-state index contributed by atoms with van der Waals surface area (Å²) in [7, 11) is -1.83. The van der Waals surface area contributed by atoms with Crippen molar-refractivity contribution in [2.24, 2.45) is 0 Å². The monoisotopic (exact) mass is 193 g/mol. The van der Waals surface area contributed by atoms with Crippen LogP contribution in [0.5, 0.6) is 11.5 Å². The first-order valence-electron chi connectivity index (χ1n) is 3.85. The van der Waals surface area contributed by atoms with E-state index in [9.17, 15) is 0 Å². The van der Waals surface area contributed by atoms with E-state index in [1.165, 1.54) is 12.1 Å². The summed E-state index contributed by atoms with van der Waals surface area (Å²) in [5, 5.41) is 25.2. The summed E-state index contributed by atoms with van der Waals surface area (Å²) < 4.78 is 9.54. The van der Waals surface area contributed by atoms with Gasteiger partial charge in [-0.3, -0.25) is 0 Å². The highest BCUT2D eigenvalue weighted by Crippen LogP contribution is 2.17. The van der Waals surface area contributed by atoms with Crippen LogP contribution in [0.2, 0.25) is 0 Å². The first-order chi connectivity index (χ1) is 6.72. The van der Waals surface area contributed by atoms with Crippen molar-refractivity contribution in [1.29, 1.82) is 5.26 Å². The maximum absolute atomic E-state index is 8.48. The maximum atomic E-state index is 8.48. The number of benzene rings is 1. The normalized spacial score (nSPS) is 8.93. The molecule has 0 unspecified atom stereocenters. The first-order valence-corrected chi connectivity index (χ1v) is 3.85. The molecule has 5 nitrogen and oxygen atoms in total. The van der Waals surface area contributed by atoms with Gasteiger partial charge in [0, 0.05) is 0 Å². The van der Waals surface area contributed by atoms with Crippen molar-refractivity contribution < 1.29 is 19.4 Å². The van der Waals surface area contributed by atoms with Crippen molar-refractivity contribution in [2.75, 3.05) is 6.61 Å². The van der Waals surface area contributed by atoms with E-state index < -0.39 is 7.32 Å². The molecule has 0 saturated carbocycles. The zero-order valence-electron chi connectivity index (χ0n) is 7.25. The summed E-state index contributed by atoms with van der Waals surface area (Å²) >= 11 is 0. The Morgan fingerprint density at radius 3 is 2.29 bits per heavy atom. The minimum Gasteiger partial charge on any atom is -0.512 e. The predicted octanol–water partition coefficient (Wildman–Crippen LogP) is -0.0627. The number of hydrogen-bond acceptors (Lipinski definition) is 5. The molecule has 0 radical (unpaired) electrons. The van der Waals surface area contributed by atoms with Gasteiger partial charge >= 0.3 is 7.32 Å². The second kappa shape index (κ2) is 5.12. The predicted molar refractivity (Wildman–Crippen MR) is 48.4 cm³/mol. The molecule has 0 aromatic heterocycles. The molecule has 0 fully saturated rings. The van der Waals surface area contributed by atoms with Gasteiger partial charge in [0.15, 0.2) is 6.61 Å². The summed E-state index contributed by atoms with van der Waals surface area (Å²) in [6.45, 7) is -0.0250. The van der Waals surface area contributed by atoms with E-state index >= 15 is 0 Å². The van der Waals surface area contributed by atoms with Crippen LogP contribution in [0.25, 0.3) is 0 Å².